The molecule has 4 heteroatoms. The van der Waals surface area contributed by atoms with Gasteiger partial charge in [-0.2, -0.15) is 12.1 Å². The maximum atomic E-state index is 2.97. The van der Waals surface area contributed by atoms with Crippen molar-refractivity contribution in [1.82, 2.24) is 0 Å². The molecule has 0 aliphatic rings. The van der Waals surface area contributed by atoms with Crippen LogP contribution in [0.1, 0.15) is 11.1 Å². The summed E-state index contributed by atoms with van der Waals surface area (Å²) < 4.78 is 0. The average Bonchev–Trinajstić information content (AvgIpc) is 3.62. The van der Waals surface area contributed by atoms with Gasteiger partial charge < -0.3 is 14.9 Å². The predicted octanol–water partition coefficient (Wildman–Crippen LogP) is 12.7. The third-order valence-electron chi connectivity index (χ3n) is 7.95. The minimum atomic E-state index is 0. The van der Waals surface area contributed by atoms with Crippen LogP contribution in [0.4, 0.5) is 0 Å². The summed E-state index contributed by atoms with van der Waals surface area (Å²) in [5.74, 6) is 0. The van der Waals surface area contributed by atoms with E-state index >= 15 is 0 Å². The average molecular weight is 690 g/mol. The van der Waals surface area contributed by atoms with Gasteiger partial charge in [-0.3, -0.25) is 0 Å². The van der Waals surface area contributed by atoms with Crippen molar-refractivity contribution >= 4 is 75.5 Å². The van der Waals surface area contributed by atoms with Gasteiger partial charge in [0.05, 0.1) is 0 Å². The van der Waals surface area contributed by atoms with Crippen molar-refractivity contribution in [2.45, 2.75) is 13.8 Å². The molecule has 0 heterocycles. The van der Waals surface area contributed by atoms with Gasteiger partial charge in [-0.15, -0.1) is 93.9 Å². The predicted molar refractivity (Wildman–Crippen MR) is 208 cm³/mol. The summed E-state index contributed by atoms with van der Waals surface area (Å²) in [6.07, 6.45) is 0. The number of hydrogen-bond acceptors (Lipinski definition) is 0. The Bertz CT molecular complexity index is 2010. The van der Waals surface area contributed by atoms with Crippen LogP contribution in [0.5, 0.6) is 0 Å². The van der Waals surface area contributed by atoms with E-state index in [4.69, 9.17) is 0 Å². The first-order valence-electron chi connectivity index (χ1n) is 14.2. The number of rotatable bonds is 2. The Balaban J connectivity index is 0.000000281. The third kappa shape index (κ3) is 7.74. The van der Waals surface area contributed by atoms with Crippen molar-refractivity contribution < 1.29 is 19.2 Å². The summed E-state index contributed by atoms with van der Waals surface area (Å²) in [4.78, 5) is 0. The van der Waals surface area contributed by atoms with E-state index < -0.39 is 0 Å². The molecule has 0 fully saturated rings. The molecule has 8 aromatic carbocycles. The summed E-state index contributed by atoms with van der Waals surface area (Å²) in [5.41, 5.74) is 7.94. The van der Waals surface area contributed by atoms with Crippen LogP contribution in [0.2, 0.25) is 0 Å². The van der Waals surface area contributed by atoms with E-state index in [1.807, 2.05) is 0 Å². The van der Waals surface area contributed by atoms with Crippen molar-refractivity contribution in [3.8, 4) is 22.3 Å². The van der Waals surface area contributed by atoms with Crippen LogP contribution >= 0.6 is 24.8 Å². The SMILES string of the molecule is Cc1cc2c(-c3cccc4ccccc34)cccc2[cH-]1.Cc1cc2c(-c3cccc4ccccc34)cccc2[cH-]1.Cl.Cl.[CH3-].[CH3-].[Si]=[Ti]. The summed E-state index contributed by atoms with van der Waals surface area (Å²) in [6, 6.07) is 52.5. The van der Waals surface area contributed by atoms with Crippen LogP contribution in [0.15, 0.2) is 146 Å². The third-order valence-corrected chi connectivity index (χ3v) is 7.95. The maximum absolute atomic E-state index is 2.97. The van der Waals surface area contributed by atoms with Gasteiger partial charge in [0.2, 0.25) is 0 Å². The standard InChI is InChI=1S/2C20H15.2CH3.2ClH.Si.Ti/c2*1-14-12-16-8-5-11-19(20(16)13-14)18-10-4-7-15-6-2-3-9-17(15)18;;;;;;/h2*2-13H,1H3;2*1H3;2*1H;;/q4*-1;;;;. The van der Waals surface area contributed by atoms with Gasteiger partial charge in [-0.05, 0) is 32.7 Å². The van der Waals surface area contributed by atoms with Crippen LogP contribution in [0.3, 0.4) is 0 Å². The van der Waals surface area contributed by atoms with Gasteiger partial charge in [-0.25, -0.2) is 0 Å². The minimum absolute atomic E-state index is 0. The van der Waals surface area contributed by atoms with Crippen molar-refractivity contribution in [2.75, 3.05) is 0 Å². The Morgan fingerprint density at radius 1 is 0.413 bits per heavy atom. The molecule has 0 spiro atoms. The molecule has 0 bridgehead atoms. The molecule has 8 rings (SSSR count). The fourth-order valence-electron chi connectivity index (χ4n) is 6.16. The van der Waals surface area contributed by atoms with Crippen molar-refractivity contribution in [1.29, 1.82) is 0 Å². The fourth-order valence-corrected chi connectivity index (χ4v) is 6.16. The Kier molecular flexibility index (Phi) is 14.7. The van der Waals surface area contributed by atoms with Crippen LogP contribution < -0.4 is 0 Å². The van der Waals surface area contributed by atoms with Crippen LogP contribution in [0.25, 0.3) is 65.3 Å². The number of fused-ring (bicyclic) bond motifs is 4. The summed E-state index contributed by atoms with van der Waals surface area (Å²) in [5, 5.41) is 10.6. The Labute approximate surface area is 300 Å². The molecule has 0 unspecified atom stereocenters. The molecule has 0 aromatic heterocycles. The van der Waals surface area contributed by atoms with Gasteiger partial charge in [0.1, 0.15) is 0 Å². The zero-order chi connectivity index (χ0) is 29.1. The Morgan fingerprint density at radius 2 is 0.717 bits per heavy atom. The van der Waals surface area contributed by atoms with Gasteiger partial charge in [0.15, 0.2) is 0 Å². The van der Waals surface area contributed by atoms with Crippen molar-refractivity contribution in [2.24, 2.45) is 0 Å². The van der Waals surface area contributed by atoms with Crippen LogP contribution in [-0.2, 0) is 19.2 Å². The molecular weight excluding hydrogens is 651 g/mol. The topological polar surface area (TPSA) is 0 Å². The molecule has 46 heavy (non-hydrogen) atoms. The zero-order valence-electron chi connectivity index (χ0n) is 26.7. The first-order valence-corrected chi connectivity index (χ1v) is 17.0. The molecule has 0 nitrogen and oxygen atoms in total. The first kappa shape index (κ1) is 38.8. The second kappa shape index (κ2) is 17.5. The van der Waals surface area contributed by atoms with E-state index in [1.54, 1.807) is 19.2 Å². The van der Waals surface area contributed by atoms with E-state index in [0.717, 1.165) is 0 Å². The van der Waals surface area contributed by atoms with Gasteiger partial charge in [-0.1, -0.05) is 122 Å². The van der Waals surface area contributed by atoms with Crippen molar-refractivity contribution in [3.05, 3.63) is 172 Å². The zero-order valence-corrected chi connectivity index (χ0v) is 30.9. The summed E-state index contributed by atoms with van der Waals surface area (Å²) >= 11 is 1.81. The molecule has 0 aliphatic heterocycles. The molecule has 0 N–H and O–H groups in total. The molecule has 0 saturated heterocycles. The monoisotopic (exact) mass is 688 g/mol. The number of benzene rings is 6. The van der Waals surface area contributed by atoms with E-state index in [9.17, 15) is 0 Å². The van der Waals surface area contributed by atoms with Gasteiger partial charge in [0, 0.05) is 0 Å². The Hall–Kier alpha value is -3.43. The molecular formula is C42H38Cl2SiTi-4. The van der Waals surface area contributed by atoms with Gasteiger partial charge in [0.25, 0.3) is 0 Å². The molecule has 0 aliphatic carbocycles. The second-order valence-electron chi connectivity index (χ2n) is 10.7. The summed E-state index contributed by atoms with van der Waals surface area (Å²) in [7, 11) is 2.97. The molecule has 0 saturated carbocycles. The fraction of sp³-hybridized carbons (Fsp3) is 0.0476. The first-order chi connectivity index (χ1) is 20.7. The normalized spacial score (nSPS) is 9.85. The van der Waals surface area contributed by atoms with Crippen molar-refractivity contribution in [3.63, 3.8) is 0 Å². The van der Waals surface area contributed by atoms with Crippen LogP contribution in [0, 0.1) is 28.7 Å². The Morgan fingerprint density at radius 3 is 1.11 bits per heavy atom. The van der Waals surface area contributed by atoms with E-state index in [1.165, 1.54) is 76.5 Å². The number of aryl methyl sites for hydroxylation is 2. The number of halogens is 2. The summed E-state index contributed by atoms with van der Waals surface area (Å²) in [6.45, 7) is 4.32. The molecule has 2 radical (unpaired) electrons. The molecule has 0 amide bonds. The van der Waals surface area contributed by atoms with E-state index in [0.29, 0.717) is 0 Å². The quantitative estimate of drug-likeness (QED) is 0.125. The van der Waals surface area contributed by atoms with Gasteiger partial charge >= 0.3 is 26.8 Å². The van der Waals surface area contributed by atoms with E-state index in [2.05, 4.69) is 167 Å². The molecule has 232 valence electrons. The van der Waals surface area contributed by atoms with Crippen LogP contribution in [-0.4, -0.2) is 7.63 Å². The molecule has 0 atom stereocenters. The number of hydrogen-bond donors (Lipinski definition) is 0. The molecule has 8 aromatic rings. The second-order valence-corrected chi connectivity index (χ2v) is 10.7. The van der Waals surface area contributed by atoms with E-state index in [-0.39, 0.29) is 39.7 Å².